The summed E-state index contributed by atoms with van der Waals surface area (Å²) in [5.41, 5.74) is 8.58. The fraction of sp³-hybridized carbons (Fsp3) is 0. The quantitative estimate of drug-likeness (QED) is 0.301. The molecule has 0 fully saturated rings. The lowest BCUT2D eigenvalue weighted by Crippen LogP contribution is -2.08. The van der Waals surface area contributed by atoms with Gasteiger partial charge in [-0.3, -0.25) is 0 Å². The first kappa shape index (κ1) is 13.7. The van der Waals surface area contributed by atoms with E-state index in [2.05, 4.69) is 10.0 Å². The number of phenolic OH excluding ortho intramolecular Hbond substituents is 1. The average molecular weight is 290 g/mol. The molecule has 0 aliphatic rings. The molecule has 0 spiro atoms. The number of phenols is 1. The summed E-state index contributed by atoms with van der Waals surface area (Å²) >= 11 is 5.80. The van der Waals surface area contributed by atoms with E-state index in [1.54, 1.807) is 30.3 Å². The van der Waals surface area contributed by atoms with E-state index in [0.29, 0.717) is 5.56 Å². The number of aromatic hydroxyl groups is 1. The Labute approximate surface area is 118 Å². The fourth-order valence-corrected chi connectivity index (χ4v) is 1.70. The molecule has 1 N–H and O–H groups in total. The van der Waals surface area contributed by atoms with Crippen LogP contribution in [0, 0.1) is 0 Å². The van der Waals surface area contributed by atoms with Crippen molar-refractivity contribution in [2.45, 2.75) is 0 Å². The first-order valence-corrected chi connectivity index (χ1v) is 5.84. The second kappa shape index (κ2) is 5.97. The maximum Gasteiger partial charge on any atom is 0.343 e. The van der Waals surface area contributed by atoms with Crippen LogP contribution in [-0.2, 0) is 0 Å². The number of hydrogen-bond donors (Lipinski definition) is 1. The Morgan fingerprint density at radius 1 is 1.30 bits per heavy atom. The van der Waals surface area contributed by atoms with Gasteiger partial charge in [-0.2, -0.15) is 0 Å². The highest BCUT2D eigenvalue weighted by Crippen LogP contribution is 2.39. The summed E-state index contributed by atoms with van der Waals surface area (Å²) in [5, 5.41) is 13.3. The zero-order valence-electron chi connectivity index (χ0n) is 10.0. The molecular weight excluding hydrogens is 282 g/mol. The highest BCUT2D eigenvalue weighted by Gasteiger charge is 2.14. The number of halogens is 1. The summed E-state index contributed by atoms with van der Waals surface area (Å²) in [6.07, 6.45) is 0. The van der Waals surface area contributed by atoms with Crippen molar-refractivity contribution in [3.8, 4) is 11.5 Å². The van der Waals surface area contributed by atoms with E-state index >= 15 is 0 Å². The first-order chi connectivity index (χ1) is 9.61. The number of benzene rings is 2. The summed E-state index contributed by atoms with van der Waals surface area (Å²) < 4.78 is 5.04. The van der Waals surface area contributed by atoms with Gasteiger partial charge in [-0.05, 0) is 23.7 Å². The summed E-state index contributed by atoms with van der Waals surface area (Å²) in [7, 11) is 0. The Balaban J connectivity index is 2.34. The zero-order valence-corrected chi connectivity index (χ0v) is 10.8. The van der Waals surface area contributed by atoms with E-state index < -0.39 is 11.7 Å². The molecule has 7 heteroatoms. The Bertz CT molecular complexity index is 698. The Kier molecular flexibility index (Phi) is 4.10. The summed E-state index contributed by atoms with van der Waals surface area (Å²) in [5.74, 6) is -1.28. The summed E-state index contributed by atoms with van der Waals surface area (Å²) in [6, 6.07) is 10.8. The van der Waals surface area contributed by atoms with Crippen LogP contribution in [0.2, 0.25) is 5.02 Å². The number of rotatable bonds is 3. The van der Waals surface area contributed by atoms with Crippen molar-refractivity contribution in [3.63, 3.8) is 0 Å². The van der Waals surface area contributed by atoms with E-state index in [0.717, 1.165) is 0 Å². The minimum atomic E-state index is -0.657. The number of carbonyl (C=O) groups is 1. The van der Waals surface area contributed by atoms with Gasteiger partial charge in [-0.25, -0.2) is 4.79 Å². The van der Waals surface area contributed by atoms with Crippen LogP contribution >= 0.6 is 11.6 Å². The monoisotopic (exact) mass is 289 g/mol. The molecule has 0 amide bonds. The van der Waals surface area contributed by atoms with Crippen LogP contribution in [0.1, 0.15) is 10.4 Å². The molecular formula is C13H8ClN3O3. The third kappa shape index (κ3) is 3.00. The van der Waals surface area contributed by atoms with Gasteiger partial charge in [0.15, 0.2) is 11.5 Å². The second-order valence-electron chi connectivity index (χ2n) is 3.72. The van der Waals surface area contributed by atoms with Crippen molar-refractivity contribution >= 4 is 23.3 Å². The topological polar surface area (TPSA) is 95.3 Å². The van der Waals surface area contributed by atoms with Gasteiger partial charge < -0.3 is 9.84 Å². The highest BCUT2D eigenvalue weighted by molar-refractivity contribution is 6.31. The smallest absolute Gasteiger partial charge is 0.343 e. The lowest BCUT2D eigenvalue weighted by molar-refractivity contribution is 0.0730. The van der Waals surface area contributed by atoms with Gasteiger partial charge >= 0.3 is 5.97 Å². The van der Waals surface area contributed by atoms with Crippen molar-refractivity contribution in [2.24, 2.45) is 5.11 Å². The minimum absolute atomic E-state index is 0.115. The van der Waals surface area contributed by atoms with E-state index in [9.17, 15) is 9.90 Å². The molecule has 6 nitrogen and oxygen atoms in total. The van der Waals surface area contributed by atoms with Gasteiger partial charge in [0.25, 0.3) is 0 Å². The normalized spacial score (nSPS) is 9.65. The van der Waals surface area contributed by atoms with Crippen molar-refractivity contribution in [3.05, 3.63) is 63.5 Å². The zero-order chi connectivity index (χ0) is 14.5. The molecule has 20 heavy (non-hydrogen) atoms. The van der Waals surface area contributed by atoms with Gasteiger partial charge in [0.2, 0.25) is 0 Å². The van der Waals surface area contributed by atoms with Gasteiger partial charge in [-0.1, -0.05) is 34.9 Å². The molecule has 0 saturated heterocycles. The van der Waals surface area contributed by atoms with Crippen LogP contribution in [0.25, 0.3) is 10.4 Å². The number of hydrogen-bond acceptors (Lipinski definition) is 4. The third-order valence-electron chi connectivity index (χ3n) is 2.38. The molecule has 0 aliphatic carbocycles. The SMILES string of the molecule is [N-]=[N+]=Nc1cc(Cl)cc(OC(=O)c2ccccc2)c1O. The molecule has 0 aliphatic heterocycles. The number of ether oxygens (including phenoxy) is 1. The lowest BCUT2D eigenvalue weighted by atomic mass is 10.2. The van der Waals surface area contributed by atoms with Gasteiger partial charge in [-0.15, -0.1) is 0 Å². The van der Waals surface area contributed by atoms with Crippen molar-refractivity contribution in [1.29, 1.82) is 0 Å². The summed E-state index contributed by atoms with van der Waals surface area (Å²) in [4.78, 5) is 14.4. The molecule has 0 aromatic heterocycles. The second-order valence-corrected chi connectivity index (χ2v) is 4.15. The Hall–Kier alpha value is -2.69. The van der Waals surface area contributed by atoms with Crippen LogP contribution in [-0.4, -0.2) is 11.1 Å². The van der Waals surface area contributed by atoms with E-state index in [1.165, 1.54) is 12.1 Å². The average Bonchev–Trinajstić information content (AvgIpc) is 2.45. The van der Waals surface area contributed by atoms with Crippen LogP contribution in [0.5, 0.6) is 11.5 Å². The fourth-order valence-electron chi connectivity index (χ4n) is 1.50. The number of nitrogens with zero attached hydrogens (tertiary/aromatic N) is 3. The molecule has 0 radical (unpaired) electrons. The summed E-state index contributed by atoms with van der Waals surface area (Å²) in [6.45, 7) is 0. The molecule has 0 unspecified atom stereocenters. The molecule has 0 saturated carbocycles. The largest absolute Gasteiger partial charge is 0.504 e. The highest BCUT2D eigenvalue weighted by atomic mass is 35.5. The maximum atomic E-state index is 11.9. The van der Waals surface area contributed by atoms with Gasteiger partial charge in [0.05, 0.1) is 11.3 Å². The molecule has 2 aromatic carbocycles. The Morgan fingerprint density at radius 2 is 2.00 bits per heavy atom. The van der Waals surface area contributed by atoms with E-state index in [4.69, 9.17) is 21.9 Å². The first-order valence-electron chi connectivity index (χ1n) is 5.46. The number of esters is 1. The van der Waals surface area contributed by atoms with Crippen molar-refractivity contribution in [1.82, 2.24) is 0 Å². The minimum Gasteiger partial charge on any atom is -0.504 e. The van der Waals surface area contributed by atoms with Crippen molar-refractivity contribution in [2.75, 3.05) is 0 Å². The molecule has 0 atom stereocenters. The molecule has 0 heterocycles. The third-order valence-corrected chi connectivity index (χ3v) is 2.60. The standard InChI is InChI=1S/C13H8ClN3O3/c14-9-6-10(16-17-15)12(18)11(7-9)20-13(19)8-4-2-1-3-5-8/h1-7,18H. The van der Waals surface area contributed by atoms with Crippen LogP contribution < -0.4 is 4.74 Å². The van der Waals surface area contributed by atoms with Gasteiger partial charge in [0.1, 0.15) is 0 Å². The van der Waals surface area contributed by atoms with Crippen LogP contribution in [0.4, 0.5) is 5.69 Å². The molecule has 100 valence electrons. The number of azide groups is 1. The van der Waals surface area contributed by atoms with Crippen LogP contribution in [0.3, 0.4) is 0 Å². The predicted molar refractivity (Wildman–Crippen MR) is 73.3 cm³/mol. The van der Waals surface area contributed by atoms with Crippen LogP contribution in [0.15, 0.2) is 47.6 Å². The van der Waals surface area contributed by atoms with E-state index in [-0.39, 0.29) is 16.5 Å². The maximum absolute atomic E-state index is 11.9. The number of carbonyl (C=O) groups excluding carboxylic acids is 1. The van der Waals surface area contributed by atoms with Gasteiger partial charge in [0, 0.05) is 16.0 Å². The molecule has 2 aromatic rings. The van der Waals surface area contributed by atoms with Crippen molar-refractivity contribution < 1.29 is 14.6 Å². The predicted octanol–water partition coefficient (Wildman–Crippen LogP) is 4.21. The molecule has 2 rings (SSSR count). The molecule has 0 bridgehead atoms. The lowest BCUT2D eigenvalue weighted by Gasteiger charge is -2.08. The Morgan fingerprint density at radius 3 is 2.65 bits per heavy atom. The van der Waals surface area contributed by atoms with E-state index in [1.807, 2.05) is 0 Å².